The third kappa shape index (κ3) is 4.07. The number of nitrogens with zero attached hydrogens (tertiary/aromatic N) is 1. The van der Waals surface area contributed by atoms with Crippen molar-refractivity contribution in [2.24, 2.45) is 11.8 Å². The zero-order valence-corrected chi connectivity index (χ0v) is 17.6. The van der Waals surface area contributed by atoms with Gasteiger partial charge in [0, 0.05) is 32.3 Å². The zero-order valence-electron chi connectivity index (χ0n) is 17.6. The molecule has 0 saturated carbocycles. The molecule has 0 bridgehead atoms. The molecule has 0 radical (unpaired) electrons. The van der Waals surface area contributed by atoms with Gasteiger partial charge in [0.25, 0.3) is 0 Å². The summed E-state index contributed by atoms with van der Waals surface area (Å²) in [5.41, 5.74) is 1.99. The fraction of sp³-hybridized carbons (Fsp3) is 0.417. The first-order chi connectivity index (χ1) is 15.2. The number of Topliss-reactive ketones (excluding diaryl/α,β-unsaturated/α-hetero) is 1. The Morgan fingerprint density at radius 1 is 1.31 bits per heavy atom. The van der Waals surface area contributed by atoms with Gasteiger partial charge in [-0.25, -0.2) is 0 Å². The molecule has 4 rings (SSSR count). The SMILES string of the molecule is Cc1cccnc1C(F)(F)C(=O)CCc1ccc2c(c1)CC(C1CCC(=O)NC1=O)C2O.[HH]. The molecule has 6 nitrogen and oxygen atoms in total. The smallest absolute Gasteiger partial charge is 0.347 e. The lowest BCUT2D eigenvalue weighted by Gasteiger charge is -2.28. The minimum Gasteiger partial charge on any atom is -0.388 e. The van der Waals surface area contributed by atoms with E-state index in [0.29, 0.717) is 24.0 Å². The third-order valence-corrected chi connectivity index (χ3v) is 6.48. The molecule has 2 heterocycles. The number of ketones is 1. The molecule has 1 aliphatic carbocycles. The van der Waals surface area contributed by atoms with Crippen LogP contribution in [0.4, 0.5) is 8.78 Å². The van der Waals surface area contributed by atoms with Crippen LogP contribution >= 0.6 is 0 Å². The van der Waals surface area contributed by atoms with Crippen LogP contribution in [-0.2, 0) is 33.1 Å². The number of pyridine rings is 1. The van der Waals surface area contributed by atoms with E-state index >= 15 is 0 Å². The number of benzene rings is 1. The molecular formula is C24H26F2N2O4. The standard InChI is InChI=1S/C24H24F2N2O4.H2/c1-13-3-2-10-27-22(13)24(25,26)19(29)8-5-14-4-6-16-15(11-14)12-18(21(16)31)17-7-9-20(30)28-23(17)32;/h2-4,6,10-11,17-18,21,31H,5,7-9,12H2,1H3,(H,28,30,32);1H. The van der Waals surface area contributed by atoms with Gasteiger partial charge < -0.3 is 5.11 Å². The van der Waals surface area contributed by atoms with Crippen LogP contribution in [0.5, 0.6) is 0 Å². The Labute approximate surface area is 185 Å². The number of amides is 2. The van der Waals surface area contributed by atoms with Crippen LogP contribution < -0.4 is 5.32 Å². The van der Waals surface area contributed by atoms with Crippen molar-refractivity contribution >= 4 is 17.6 Å². The van der Waals surface area contributed by atoms with Gasteiger partial charge in [0.1, 0.15) is 5.69 Å². The van der Waals surface area contributed by atoms with Crippen molar-refractivity contribution in [1.82, 2.24) is 10.3 Å². The predicted molar refractivity (Wildman–Crippen MR) is 113 cm³/mol. The number of rotatable bonds is 6. The van der Waals surface area contributed by atoms with Crippen LogP contribution in [-0.4, -0.2) is 27.7 Å². The molecule has 1 saturated heterocycles. The Morgan fingerprint density at radius 3 is 2.81 bits per heavy atom. The van der Waals surface area contributed by atoms with Gasteiger partial charge in [-0.15, -0.1) is 0 Å². The number of piperidine rings is 1. The van der Waals surface area contributed by atoms with E-state index < -0.39 is 29.4 Å². The van der Waals surface area contributed by atoms with Crippen LogP contribution in [0, 0.1) is 18.8 Å². The number of aromatic nitrogens is 1. The molecule has 2 amide bonds. The summed E-state index contributed by atoms with van der Waals surface area (Å²) in [5.74, 6) is -6.32. The van der Waals surface area contributed by atoms with E-state index in [2.05, 4.69) is 10.3 Å². The zero-order chi connectivity index (χ0) is 23.0. The Bertz CT molecular complexity index is 1090. The second-order valence-electron chi connectivity index (χ2n) is 8.57. The summed E-state index contributed by atoms with van der Waals surface area (Å²) in [5, 5.41) is 13.0. The van der Waals surface area contributed by atoms with E-state index in [1.807, 2.05) is 6.07 Å². The predicted octanol–water partition coefficient (Wildman–Crippen LogP) is 3.19. The first-order valence-corrected chi connectivity index (χ1v) is 10.6. The molecule has 3 atom stereocenters. The number of hydrogen-bond donors (Lipinski definition) is 2. The second-order valence-corrected chi connectivity index (χ2v) is 8.57. The van der Waals surface area contributed by atoms with Gasteiger partial charge in [0.15, 0.2) is 0 Å². The average molecular weight is 444 g/mol. The number of aliphatic hydroxyl groups is 1. The maximum atomic E-state index is 14.6. The van der Waals surface area contributed by atoms with Gasteiger partial charge in [0.2, 0.25) is 17.6 Å². The largest absolute Gasteiger partial charge is 0.388 e. The Kier molecular flexibility index (Phi) is 5.90. The number of imide groups is 1. The molecule has 1 aromatic heterocycles. The first-order valence-electron chi connectivity index (χ1n) is 10.6. The van der Waals surface area contributed by atoms with E-state index in [9.17, 15) is 28.3 Å². The van der Waals surface area contributed by atoms with Crippen LogP contribution in [0.3, 0.4) is 0 Å². The lowest BCUT2D eigenvalue weighted by molar-refractivity contribution is -0.145. The minimum absolute atomic E-state index is 0. The molecule has 0 spiro atoms. The summed E-state index contributed by atoms with van der Waals surface area (Å²) in [7, 11) is 0. The molecule has 32 heavy (non-hydrogen) atoms. The van der Waals surface area contributed by atoms with E-state index in [1.165, 1.54) is 19.2 Å². The first kappa shape index (κ1) is 22.2. The van der Waals surface area contributed by atoms with Crippen molar-refractivity contribution in [3.05, 3.63) is 64.5 Å². The number of aliphatic hydroxyl groups excluding tert-OH is 1. The molecule has 1 fully saturated rings. The summed E-state index contributed by atoms with van der Waals surface area (Å²) in [4.78, 5) is 39.6. The van der Waals surface area contributed by atoms with Crippen LogP contribution in [0.2, 0.25) is 0 Å². The van der Waals surface area contributed by atoms with Crippen LogP contribution in [0.15, 0.2) is 36.5 Å². The molecule has 3 unspecified atom stereocenters. The number of halogens is 2. The number of hydrogen-bond acceptors (Lipinski definition) is 5. The highest BCUT2D eigenvalue weighted by atomic mass is 19.3. The van der Waals surface area contributed by atoms with Gasteiger partial charge in [-0.3, -0.25) is 24.7 Å². The van der Waals surface area contributed by atoms with Crippen molar-refractivity contribution in [2.75, 3.05) is 0 Å². The van der Waals surface area contributed by atoms with Gasteiger partial charge in [0.05, 0.1) is 6.10 Å². The number of alkyl halides is 2. The van der Waals surface area contributed by atoms with Crippen molar-refractivity contribution in [3.63, 3.8) is 0 Å². The van der Waals surface area contributed by atoms with Crippen molar-refractivity contribution in [2.45, 2.75) is 51.1 Å². The molecule has 1 aromatic carbocycles. The number of fused-ring (bicyclic) bond motifs is 1. The molecule has 1 aliphatic heterocycles. The van der Waals surface area contributed by atoms with E-state index in [1.54, 1.807) is 18.2 Å². The lowest BCUT2D eigenvalue weighted by atomic mass is 9.82. The van der Waals surface area contributed by atoms with Crippen molar-refractivity contribution < 1.29 is 29.7 Å². The van der Waals surface area contributed by atoms with Crippen molar-refractivity contribution in [1.29, 1.82) is 0 Å². The highest BCUT2D eigenvalue weighted by molar-refractivity contribution is 5.98. The molecular weight excluding hydrogens is 418 g/mol. The quantitative estimate of drug-likeness (QED) is 0.667. The van der Waals surface area contributed by atoms with Gasteiger partial charge in [-0.05, 0) is 54.5 Å². The number of aryl methyl sites for hydroxylation is 2. The fourth-order valence-corrected chi connectivity index (χ4v) is 4.72. The second kappa shape index (κ2) is 8.50. The van der Waals surface area contributed by atoms with Crippen LogP contribution in [0.25, 0.3) is 0 Å². The monoisotopic (exact) mass is 444 g/mol. The maximum absolute atomic E-state index is 14.6. The topological polar surface area (TPSA) is 96.4 Å². The summed E-state index contributed by atoms with van der Waals surface area (Å²) < 4.78 is 29.2. The highest BCUT2D eigenvalue weighted by Crippen LogP contribution is 2.43. The highest BCUT2D eigenvalue weighted by Gasteiger charge is 2.43. The summed E-state index contributed by atoms with van der Waals surface area (Å²) >= 11 is 0. The Hall–Kier alpha value is -3.00. The summed E-state index contributed by atoms with van der Waals surface area (Å²) in [6.45, 7) is 1.49. The molecule has 8 heteroatoms. The van der Waals surface area contributed by atoms with Gasteiger partial charge in [-0.1, -0.05) is 24.3 Å². The number of nitrogens with one attached hydrogen (secondary N) is 1. The third-order valence-electron chi connectivity index (χ3n) is 6.48. The average Bonchev–Trinajstić information content (AvgIpc) is 3.07. The van der Waals surface area contributed by atoms with E-state index in [-0.39, 0.29) is 44.0 Å². The summed E-state index contributed by atoms with van der Waals surface area (Å²) in [6.07, 6.45) is 1.29. The Morgan fingerprint density at radius 2 is 2.09 bits per heavy atom. The maximum Gasteiger partial charge on any atom is 0.347 e. The molecule has 2 aliphatic rings. The number of carbonyl (C=O) groups excluding carboxylic acids is 3. The minimum atomic E-state index is -3.66. The fourth-order valence-electron chi connectivity index (χ4n) is 4.72. The van der Waals surface area contributed by atoms with Gasteiger partial charge in [-0.2, -0.15) is 8.78 Å². The Balaban J connectivity index is 0.00000306. The van der Waals surface area contributed by atoms with Crippen LogP contribution in [0.1, 0.15) is 54.7 Å². The lowest BCUT2D eigenvalue weighted by Crippen LogP contribution is -2.44. The number of carbonyl (C=O) groups is 3. The molecule has 2 aromatic rings. The molecule has 170 valence electrons. The van der Waals surface area contributed by atoms with Gasteiger partial charge >= 0.3 is 5.92 Å². The van der Waals surface area contributed by atoms with E-state index in [4.69, 9.17) is 0 Å². The summed E-state index contributed by atoms with van der Waals surface area (Å²) in [6, 6.07) is 8.29. The normalized spacial score (nSPS) is 23.1. The molecule has 2 N–H and O–H groups in total. The van der Waals surface area contributed by atoms with E-state index in [0.717, 1.165) is 5.56 Å². The van der Waals surface area contributed by atoms with Crippen molar-refractivity contribution in [3.8, 4) is 0 Å².